The van der Waals surface area contributed by atoms with Crippen LogP contribution in [0.25, 0.3) is 0 Å². The Kier molecular flexibility index (Phi) is 5.42. The van der Waals surface area contributed by atoms with Gasteiger partial charge < -0.3 is 5.73 Å². The summed E-state index contributed by atoms with van der Waals surface area (Å²) in [6, 6.07) is 5.04. The van der Waals surface area contributed by atoms with Crippen LogP contribution < -0.4 is 5.73 Å². The van der Waals surface area contributed by atoms with Crippen LogP contribution in [0.5, 0.6) is 0 Å². The monoisotopic (exact) mass is 287 g/mol. The molecule has 1 aromatic carbocycles. The van der Waals surface area contributed by atoms with Gasteiger partial charge in [-0.2, -0.15) is 0 Å². The van der Waals surface area contributed by atoms with E-state index in [0.29, 0.717) is 17.9 Å². The van der Waals surface area contributed by atoms with Gasteiger partial charge in [0.25, 0.3) is 0 Å². The van der Waals surface area contributed by atoms with Crippen LogP contribution in [-0.4, -0.2) is 6.04 Å². The predicted molar refractivity (Wildman–Crippen MR) is 69.9 cm³/mol. The van der Waals surface area contributed by atoms with Crippen molar-refractivity contribution in [2.24, 2.45) is 11.7 Å². The number of benzene rings is 1. The van der Waals surface area contributed by atoms with Crippen LogP contribution in [0, 0.1) is 11.7 Å². The van der Waals surface area contributed by atoms with Crippen LogP contribution in [0.15, 0.2) is 22.7 Å². The summed E-state index contributed by atoms with van der Waals surface area (Å²) in [6.07, 6.45) is 2.82. The van der Waals surface area contributed by atoms with E-state index in [1.807, 2.05) is 6.07 Å². The number of hydrogen-bond donors (Lipinski definition) is 1. The molecule has 0 aromatic heterocycles. The first-order valence-corrected chi connectivity index (χ1v) is 6.53. The second kappa shape index (κ2) is 6.36. The molecule has 0 fully saturated rings. The minimum absolute atomic E-state index is 0.0312. The lowest BCUT2D eigenvalue weighted by Crippen LogP contribution is -2.30. The molecule has 1 rings (SSSR count). The molecule has 0 saturated heterocycles. The highest BCUT2D eigenvalue weighted by atomic mass is 79.9. The molecule has 2 atom stereocenters. The van der Waals surface area contributed by atoms with Crippen LogP contribution in [0.4, 0.5) is 4.39 Å². The third-order valence-corrected chi connectivity index (χ3v) is 3.43. The minimum Gasteiger partial charge on any atom is -0.327 e. The van der Waals surface area contributed by atoms with E-state index in [0.717, 1.165) is 17.3 Å². The molecule has 0 heterocycles. The smallest absolute Gasteiger partial charge is 0.126 e. The van der Waals surface area contributed by atoms with Gasteiger partial charge in [-0.1, -0.05) is 36.2 Å². The molecule has 0 aliphatic carbocycles. The first kappa shape index (κ1) is 13.7. The van der Waals surface area contributed by atoms with Crippen molar-refractivity contribution in [1.29, 1.82) is 0 Å². The summed E-state index contributed by atoms with van der Waals surface area (Å²) in [6.45, 7) is 4.27. The molecule has 0 aliphatic rings. The number of halogens is 2. The Hall–Kier alpha value is -0.410. The lowest BCUT2D eigenvalue weighted by atomic mass is 9.92. The van der Waals surface area contributed by atoms with E-state index in [-0.39, 0.29) is 11.9 Å². The minimum atomic E-state index is -0.164. The molecule has 16 heavy (non-hydrogen) atoms. The van der Waals surface area contributed by atoms with E-state index in [1.165, 1.54) is 6.07 Å². The zero-order valence-electron chi connectivity index (χ0n) is 9.84. The van der Waals surface area contributed by atoms with Crippen molar-refractivity contribution in [2.45, 2.75) is 39.2 Å². The maximum absolute atomic E-state index is 13.5. The maximum atomic E-state index is 13.5. The molecule has 0 bridgehead atoms. The molecule has 0 amide bonds. The van der Waals surface area contributed by atoms with Crippen molar-refractivity contribution in [3.8, 4) is 0 Å². The van der Waals surface area contributed by atoms with Crippen LogP contribution in [-0.2, 0) is 6.42 Å². The highest BCUT2D eigenvalue weighted by Gasteiger charge is 2.14. The van der Waals surface area contributed by atoms with Gasteiger partial charge in [-0.05, 0) is 42.5 Å². The molecule has 0 radical (unpaired) electrons. The van der Waals surface area contributed by atoms with E-state index >= 15 is 0 Å². The van der Waals surface area contributed by atoms with E-state index in [4.69, 9.17) is 5.73 Å². The third kappa shape index (κ3) is 3.87. The van der Waals surface area contributed by atoms with Gasteiger partial charge in [0.1, 0.15) is 5.82 Å². The van der Waals surface area contributed by atoms with Gasteiger partial charge in [0.2, 0.25) is 0 Å². The van der Waals surface area contributed by atoms with E-state index in [2.05, 4.69) is 29.8 Å². The Morgan fingerprint density at radius 1 is 1.44 bits per heavy atom. The number of rotatable bonds is 5. The van der Waals surface area contributed by atoms with E-state index < -0.39 is 0 Å². The quantitative estimate of drug-likeness (QED) is 0.874. The van der Waals surface area contributed by atoms with Gasteiger partial charge in [-0.3, -0.25) is 0 Å². The van der Waals surface area contributed by atoms with Crippen molar-refractivity contribution < 1.29 is 4.39 Å². The summed E-state index contributed by atoms with van der Waals surface area (Å²) in [5.74, 6) is 0.269. The summed E-state index contributed by atoms with van der Waals surface area (Å²) in [4.78, 5) is 0. The molecule has 2 unspecified atom stereocenters. The molecule has 1 nitrogen and oxygen atoms in total. The molecule has 0 aliphatic heterocycles. The van der Waals surface area contributed by atoms with Crippen molar-refractivity contribution >= 4 is 15.9 Å². The molecular formula is C13H19BrFN. The van der Waals surface area contributed by atoms with Gasteiger partial charge in [0.05, 0.1) is 0 Å². The molecule has 1 aromatic rings. The average Bonchev–Trinajstić information content (AvgIpc) is 2.23. The van der Waals surface area contributed by atoms with Crippen molar-refractivity contribution in [3.63, 3.8) is 0 Å². The highest BCUT2D eigenvalue weighted by molar-refractivity contribution is 9.10. The second-order valence-corrected chi connectivity index (χ2v) is 5.29. The standard InChI is InChI=1S/C13H19BrFN/c1-3-4-9(2)13(16)8-10-7-11(14)5-6-12(10)15/h5-7,9,13H,3-4,8,16H2,1-2H3. The normalized spacial score (nSPS) is 14.8. The fraction of sp³-hybridized carbons (Fsp3) is 0.538. The van der Waals surface area contributed by atoms with Gasteiger partial charge in [-0.15, -0.1) is 0 Å². The second-order valence-electron chi connectivity index (χ2n) is 4.37. The average molecular weight is 288 g/mol. The predicted octanol–water partition coefficient (Wildman–Crippen LogP) is 3.89. The first-order valence-electron chi connectivity index (χ1n) is 5.74. The Balaban J connectivity index is 2.68. The number of nitrogens with two attached hydrogens (primary N) is 1. The molecule has 0 saturated carbocycles. The molecular weight excluding hydrogens is 269 g/mol. The first-order chi connectivity index (χ1) is 7.54. The van der Waals surface area contributed by atoms with Crippen LogP contribution in [0.3, 0.4) is 0 Å². The fourth-order valence-corrected chi connectivity index (χ4v) is 2.23. The van der Waals surface area contributed by atoms with Crippen molar-refractivity contribution in [1.82, 2.24) is 0 Å². The summed E-state index contributed by atoms with van der Waals surface area (Å²) < 4.78 is 14.4. The Morgan fingerprint density at radius 2 is 2.12 bits per heavy atom. The Labute approximate surface area is 105 Å². The SMILES string of the molecule is CCCC(C)C(N)Cc1cc(Br)ccc1F. The largest absolute Gasteiger partial charge is 0.327 e. The maximum Gasteiger partial charge on any atom is 0.126 e. The van der Waals surface area contributed by atoms with Gasteiger partial charge in [0, 0.05) is 10.5 Å². The van der Waals surface area contributed by atoms with E-state index in [1.54, 1.807) is 6.07 Å². The summed E-state index contributed by atoms with van der Waals surface area (Å²) >= 11 is 3.35. The topological polar surface area (TPSA) is 26.0 Å². The van der Waals surface area contributed by atoms with Crippen molar-refractivity contribution in [3.05, 3.63) is 34.1 Å². The Morgan fingerprint density at radius 3 is 2.75 bits per heavy atom. The zero-order valence-corrected chi connectivity index (χ0v) is 11.4. The van der Waals surface area contributed by atoms with Crippen LogP contribution in [0.2, 0.25) is 0 Å². The van der Waals surface area contributed by atoms with Gasteiger partial charge >= 0.3 is 0 Å². The fourth-order valence-electron chi connectivity index (χ4n) is 1.82. The summed E-state index contributed by atoms with van der Waals surface area (Å²) in [5.41, 5.74) is 6.77. The van der Waals surface area contributed by atoms with Gasteiger partial charge in [-0.25, -0.2) is 4.39 Å². The van der Waals surface area contributed by atoms with Crippen LogP contribution in [0.1, 0.15) is 32.3 Å². The lowest BCUT2D eigenvalue weighted by molar-refractivity contribution is 0.415. The lowest BCUT2D eigenvalue weighted by Gasteiger charge is -2.19. The van der Waals surface area contributed by atoms with E-state index in [9.17, 15) is 4.39 Å². The highest BCUT2D eigenvalue weighted by Crippen LogP contribution is 2.19. The van der Waals surface area contributed by atoms with Crippen molar-refractivity contribution in [2.75, 3.05) is 0 Å². The summed E-state index contributed by atoms with van der Waals surface area (Å²) in [7, 11) is 0. The molecule has 3 heteroatoms. The van der Waals surface area contributed by atoms with Gasteiger partial charge in [0.15, 0.2) is 0 Å². The van der Waals surface area contributed by atoms with Crippen LogP contribution >= 0.6 is 15.9 Å². The zero-order chi connectivity index (χ0) is 12.1. The molecule has 90 valence electrons. The summed E-state index contributed by atoms with van der Waals surface area (Å²) in [5, 5.41) is 0. The third-order valence-electron chi connectivity index (χ3n) is 2.94. The molecule has 2 N–H and O–H groups in total. The Bertz CT molecular complexity index is 341. The number of hydrogen-bond acceptors (Lipinski definition) is 1. The molecule has 0 spiro atoms.